The molecule has 0 heterocycles. The van der Waals surface area contributed by atoms with Crippen LogP contribution >= 0.6 is 0 Å². The summed E-state index contributed by atoms with van der Waals surface area (Å²) in [6.45, 7) is 7.47. The van der Waals surface area contributed by atoms with Gasteiger partial charge in [-0.1, -0.05) is 65.7 Å². The maximum Gasteiger partial charge on any atom is 0.398 e. The molecule has 0 aromatic heterocycles. The van der Waals surface area contributed by atoms with Crippen molar-refractivity contribution in [3.63, 3.8) is 0 Å². The Morgan fingerprint density at radius 2 is 1.24 bits per heavy atom. The molecule has 144 valence electrons. The maximum atomic E-state index is 6.33. The second kappa shape index (κ2) is 13.2. The van der Waals surface area contributed by atoms with Gasteiger partial charge in [0.1, 0.15) is 11.5 Å². The van der Waals surface area contributed by atoms with Crippen LogP contribution in [0.2, 0.25) is 12.1 Å². The van der Waals surface area contributed by atoms with E-state index in [1.165, 1.54) is 44.9 Å². The zero-order valence-corrected chi connectivity index (χ0v) is 17.8. The van der Waals surface area contributed by atoms with Crippen LogP contribution in [0.3, 0.4) is 0 Å². The van der Waals surface area contributed by atoms with E-state index < -0.39 is 8.56 Å². The van der Waals surface area contributed by atoms with Crippen LogP contribution in [0.1, 0.15) is 72.1 Å². The summed E-state index contributed by atoms with van der Waals surface area (Å²) >= 11 is 0. The van der Waals surface area contributed by atoms with Crippen molar-refractivity contribution in [1.82, 2.24) is 0 Å². The summed E-state index contributed by atoms with van der Waals surface area (Å²) in [5.41, 5.74) is 0. The Labute approximate surface area is 156 Å². The Bertz CT molecular complexity index is 429. The molecule has 4 heteroatoms. The number of unbranched alkanes of at least 4 members (excludes halogenated alkanes) is 7. The molecule has 0 aliphatic carbocycles. The van der Waals surface area contributed by atoms with Crippen LogP contribution in [0.25, 0.3) is 0 Å². The van der Waals surface area contributed by atoms with Crippen molar-refractivity contribution in [1.29, 1.82) is 0 Å². The molecule has 3 nitrogen and oxygen atoms in total. The average Bonchev–Trinajstić information content (AvgIpc) is 2.66. The predicted octanol–water partition coefficient (Wildman–Crippen LogP) is 6.71. The molecule has 1 aromatic rings. The van der Waals surface area contributed by atoms with Gasteiger partial charge in [-0.05, 0) is 42.8 Å². The molecule has 0 saturated heterocycles. The highest BCUT2D eigenvalue weighted by Crippen LogP contribution is 2.25. The molecule has 1 aromatic carbocycles. The number of methoxy groups -OCH3 is 1. The molecule has 1 rings (SSSR count). The smallest absolute Gasteiger partial charge is 0.398 e. The molecular weight excluding hydrogens is 328 g/mol. The van der Waals surface area contributed by atoms with E-state index in [0.717, 1.165) is 36.6 Å². The first-order valence-electron chi connectivity index (χ1n) is 10.2. The first kappa shape index (κ1) is 22.0. The van der Waals surface area contributed by atoms with Crippen LogP contribution in [-0.4, -0.2) is 22.3 Å². The summed E-state index contributed by atoms with van der Waals surface area (Å²) in [6.07, 6.45) is 10.6. The average molecular weight is 367 g/mol. The van der Waals surface area contributed by atoms with Crippen molar-refractivity contribution in [2.45, 2.75) is 84.2 Å². The second-order valence-electron chi connectivity index (χ2n) is 6.72. The molecular formula is C21H38O3Si. The third-order valence-corrected chi connectivity index (χ3v) is 8.30. The summed E-state index contributed by atoms with van der Waals surface area (Å²) in [6, 6.07) is 9.80. The minimum absolute atomic E-state index is 0.832. The van der Waals surface area contributed by atoms with E-state index >= 15 is 0 Å². The van der Waals surface area contributed by atoms with Gasteiger partial charge in [-0.25, -0.2) is 0 Å². The lowest BCUT2D eigenvalue weighted by Crippen LogP contribution is -2.44. The Balaban J connectivity index is 2.32. The van der Waals surface area contributed by atoms with Crippen LogP contribution in [0, 0.1) is 0 Å². The van der Waals surface area contributed by atoms with Crippen molar-refractivity contribution in [2.75, 3.05) is 13.7 Å². The van der Waals surface area contributed by atoms with Gasteiger partial charge in [0.05, 0.1) is 7.11 Å². The fourth-order valence-corrected chi connectivity index (χ4v) is 5.32. The standard InChI is InChI=1S/C21H38O3Si/c1-5-8-9-10-11-12-13-14-19-23-25(6-2,7-3)24-21-17-15-20(22-4)16-18-21/h15-18H,5-14,19H2,1-4H3. The Morgan fingerprint density at radius 1 is 0.720 bits per heavy atom. The molecule has 0 atom stereocenters. The Morgan fingerprint density at radius 3 is 1.76 bits per heavy atom. The van der Waals surface area contributed by atoms with Crippen LogP contribution in [-0.2, 0) is 4.43 Å². The van der Waals surface area contributed by atoms with Crippen LogP contribution in [0.5, 0.6) is 11.5 Å². The maximum absolute atomic E-state index is 6.33. The van der Waals surface area contributed by atoms with E-state index in [-0.39, 0.29) is 0 Å². The largest absolute Gasteiger partial charge is 0.520 e. The van der Waals surface area contributed by atoms with Crippen LogP contribution in [0.4, 0.5) is 0 Å². The van der Waals surface area contributed by atoms with Gasteiger partial charge in [0, 0.05) is 6.61 Å². The van der Waals surface area contributed by atoms with Crippen LogP contribution < -0.4 is 9.16 Å². The third-order valence-electron chi connectivity index (χ3n) is 4.80. The zero-order chi connectivity index (χ0) is 18.4. The predicted molar refractivity (Wildman–Crippen MR) is 109 cm³/mol. The van der Waals surface area contributed by atoms with Gasteiger partial charge >= 0.3 is 8.56 Å². The summed E-state index contributed by atoms with van der Waals surface area (Å²) < 4.78 is 17.9. The Kier molecular flexibility index (Phi) is 11.7. The lowest BCUT2D eigenvalue weighted by Gasteiger charge is -2.29. The van der Waals surface area contributed by atoms with Gasteiger partial charge in [-0.3, -0.25) is 0 Å². The molecule has 0 aliphatic rings. The minimum atomic E-state index is -2.14. The van der Waals surface area contributed by atoms with Gasteiger partial charge < -0.3 is 13.6 Å². The van der Waals surface area contributed by atoms with E-state index in [0.29, 0.717) is 0 Å². The van der Waals surface area contributed by atoms with Gasteiger partial charge in [0.25, 0.3) is 0 Å². The van der Waals surface area contributed by atoms with Crippen molar-refractivity contribution in [3.05, 3.63) is 24.3 Å². The first-order chi connectivity index (χ1) is 12.2. The van der Waals surface area contributed by atoms with Gasteiger partial charge in [0.15, 0.2) is 0 Å². The summed E-state index contributed by atoms with van der Waals surface area (Å²) in [5, 5.41) is 0. The number of benzene rings is 1. The summed E-state index contributed by atoms with van der Waals surface area (Å²) in [7, 11) is -0.458. The second-order valence-corrected chi connectivity index (χ2v) is 10.4. The molecule has 25 heavy (non-hydrogen) atoms. The van der Waals surface area contributed by atoms with Crippen molar-refractivity contribution < 1.29 is 13.6 Å². The molecule has 0 bridgehead atoms. The fourth-order valence-electron chi connectivity index (χ4n) is 2.98. The molecule has 0 unspecified atom stereocenters. The summed E-state index contributed by atoms with van der Waals surface area (Å²) in [5.74, 6) is 1.75. The normalized spacial score (nSPS) is 11.5. The first-order valence-corrected chi connectivity index (χ1v) is 12.4. The Hall–Kier alpha value is -1.00. The molecule has 0 amide bonds. The molecule has 0 fully saturated rings. The van der Waals surface area contributed by atoms with Gasteiger partial charge in [0.2, 0.25) is 0 Å². The van der Waals surface area contributed by atoms with E-state index in [2.05, 4.69) is 20.8 Å². The highest BCUT2D eigenvalue weighted by atomic mass is 28.4. The highest BCUT2D eigenvalue weighted by Gasteiger charge is 2.35. The van der Waals surface area contributed by atoms with E-state index in [9.17, 15) is 0 Å². The molecule has 0 N–H and O–H groups in total. The van der Waals surface area contributed by atoms with E-state index in [4.69, 9.17) is 13.6 Å². The number of ether oxygens (including phenoxy) is 1. The van der Waals surface area contributed by atoms with Gasteiger partial charge in [-0.15, -0.1) is 0 Å². The van der Waals surface area contributed by atoms with Crippen molar-refractivity contribution in [3.8, 4) is 11.5 Å². The molecule has 0 spiro atoms. The van der Waals surface area contributed by atoms with Crippen molar-refractivity contribution in [2.24, 2.45) is 0 Å². The van der Waals surface area contributed by atoms with Crippen LogP contribution in [0.15, 0.2) is 24.3 Å². The third kappa shape index (κ3) is 8.77. The van der Waals surface area contributed by atoms with Crippen molar-refractivity contribution >= 4 is 8.56 Å². The number of hydrogen-bond donors (Lipinski definition) is 0. The SMILES string of the molecule is CCCCCCCCCCO[Si](CC)(CC)Oc1ccc(OC)cc1. The highest BCUT2D eigenvalue weighted by molar-refractivity contribution is 6.68. The van der Waals surface area contributed by atoms with Gasteiger partial charge in [-0.2, -0.15) is 0 Å². The monoisotopic (exact) mass is 366 g/mol. The topological polar surface area (TPSA) is 27.7 Å². The van der Waals surface area contributed by atoms with E-state index in [1.807, 2.05) is 24.3 Å². The molecule has 0 radical (unpaired) electrons. The molecule has 0 aliphatic heterocycles. The lowest BCUT2D eigenvalue weighted by molar-refractivity contribution is 0.230. The number of rotatable bonds is 15. The lowest BCUT2D eigenvalue weighted by atomic mass is 10.1. The van der Waals surface area contributed by atoms with E-state index in [1.54, 1.807) is 7.11 Å². The zero-order valence-electron chi connectivity index (χ0n) is 16.8. The quantitative estimate of drug-likeness (QED) is 0.255. The fraction of sp³-hybridized carbons (Fsp3) is 0.714. The minimum Gasteiger partial charge on any atom is -0.520 e. The summed E-state index contributed by atoms with van der Waals surface area (Å²) in [4.78, 5) is 0. The number of hydrogen-bond acceptors (Lipinski definition) is 3. The molecule has 0 saturated carbocycles.